The minimum atomic E-state index is 0.0921. The van der Waals surface area contributed by atoms with E-state index in [0.29, 0.717) is 6.54 Å². The van der Waals surface area contributed by atoms with Gasteiger partial charge in [-0.2, -0.15) is 0 Å². The average molecular weight is 315 g/mol. The molecule has 2 aromatic rings. The van der Waals surface area contributed by atoms with Gasteiger partial charge in [0.25, 0.3) is 5.91 Å². The normalized spacial score (nSPS) is 17.6. The Bertz CT molecular complexity index is 670. The monoisotopic (exact) mass is 315 g/mol. The van der Waals surface area contributed by atoms with Crippen LogP contribution in [0.15, 0.2) is 30.9 Å². The number of aromatic nitrogens is 3. The minimum absolute atomic E-state index is 0.0921. The maximum Gasteiger partial charge on any atom is 0.270 e. The third-order valence-electron chi connectivity index (χ3n) is 4.74. The van der Waals surface area contributed by atoms with Crippen LogP contribution >= 0.6 is 0 Å². The smallest absolute Gasteiger partial charge is 0.270 e. The first kappa shape index (κ1) is 15.8. The van der Waals surface area contributed by atoms with Crippen molar-refractivity contribution in [3.05, 3.63) is 42.2 Å². The van der Waals surface area contributed by atoms with Crippen LogP contribution < -0.4 is 0 Å². The first-order chi connectivity index (χ1) is 11.1. The van der Waals surface area contributed by atoms with Gasteiger partial charge in [-0.05, 0) is 25.2 Å². The van der Waals surface area contributed by atoms with Gasteiger partial charge in [-0.3, -0.25) is 4.79 Å². The Morgan fingerprint density at radius 1 is 1.39 bits per heavy atom. The number of amides is 1. The van der Waals surface area contributed by atoms with E-state index in [2.05, 4.69) is 28.3 Å². The maximum atomic E-state index is 12.8. The lowest BCUT2D eigenvalue weighted by atomic mass is 10.1. The van der Waals surface area contributed by atoms with Crippen LogP contribution in [-0.2, 0) is 13.6 Å². The van der Waals surface area contributed by atoms with Crippen molar-refractivity contribution in [2.75, 3.05) is 26.2 Å². The first-order valence-corrected chi connectivity index (χ1v) is 8.27. The lowest BCUT2D eigenvalue weighted by Gasteiger charge is -2.36. The number of aryl methyl sites for hydroxylation is 1. The number of imidazole rings is 1. The van der Waals surface area contributed by atoms with Crippen LogP contribution in [0.5, 0.6) is 0 Å². The average Bonchev–Trinajstić information content (AvgIpc) is 3.20. The van der Waals surface area contributed by atoms with E-state index in [9.17, 15) is 4.79 Å². The molecule has 1 atom stereocenters. The van der Waals surface area contributed by atoms with Crippen LogP contribution in [0.25, 0.3) is 0 Å². The predicted octanol–water partition coefficient (Wildman–Crippen LogP) is 1.76. The Labute approximate surface area is 137 Å². The van der Waals surface area contributed by atoms with Crippen molar-refractivity contribution in [3.63, 3.8) is 0 Å². The first-order valence-electron chi connectivity index (χ1n) is 8.27. The lowest BCUT2D eigenvalue weighted by molar-refractivity contribution is 0.0645. The summed E-state index contributed by atoms with van der Waals surface area (Å²) in [4.78, 5) is 21.5. The molecule has 0 aliphatic carbocycles. The van der Waals surface area contributed by atoms with E-state index in [0.717, 1.165) is 37.6 Å². The van der Waals surface area contributed by atoms with E-state index >= 15 is 0 Å². The van der Waals surface area contributed by atoms with Gasteiger partial charge in [-0.25, -0.2) is 4.98 Å². The molecule has 1 aliphatic heterocycles. The zero-order chi connectivity index (χ0) is 16.4. The Morgan fingerprint density at radius 3 is 2.83 bits per heavy atom. The van der Waals surface area contributed by atoms with Crippen molar-refractivity contribution in [3.8, 4) is 0 Å². The van der Waals surface area contributed by atoms with Crippen LogP contribution in [0.4, 0.5) is 0 Å². The van der Waals surface area contributed by atoms with E-state index in [1.165, 1.54) is 0 Å². The van der Waals surface area contributed by atoms with Gasteiger partial charge in [0.05, 0.1) is 24.6 Å². The van der Waals surface area contributed by atoms with Crippen LogP contribution in [0, 0.1) is 0 Å². The fourth-order valence-corrected chi connectivity index (χ4v) is 3.31. The van der Waals surface area contributed by atoms with Gasteiger partial charge in [-0.15, -0.1) is 0 Å². The Hall–Kier alpha value is -2.08. The quantitative estimate of drug-likeness (QED) is 0.845. The second-order valence-corrected chi connectivity index (χ2v) is 6.12. The summed E-state index contributed by atoms with van der Waals surface area (Å²) in [6.45, 7) is 8.67. The summed E-state index contributed by atoms with van der Waals surface area (Å²) in [7, 11) is 1.91. The number of hydrogen-bond donors (Lipinski definition) is 0. The highest BCUT2D eigenvalue weighted by molar-refractivity contribution is 5.92. The van der Waals surface area contributed by atoms with Crippen molar-refractivity contribution in [2.45, 2.75) is 26.4 Å². The topological polar surface area (TPSA) is 46.3 Å². The van der Waals surface area contributed by atoms with Gasteiger partial charge < -0.3 is 18.9 Å². The Kier molecular flexibility index (Phi) is 4.52. The molecule has 23 heavy (non-hydrogen) atoms. The van der Waals surface area contributed by atoms with Gasteiger partial charge in [-0.1, -0.05) is 13.8 Å². The van der Waals surface area contributed by atoms with Crippen LogP contribution in [0.2, 0.25) is 0 Å². The van der Waals surface area contributed by atoms with Crippen molar-refractivity contribution in [1.29, 1.82) is 0 Å². The van der Waals surface area contributed by atoms with Gasteiger partial charge in [0.15, 0.2) is 0 Å². The van der Waals surface area contributed by atoms with Crippen molar-refractivity contribution in [1.82, 2.24) is 23.9 Å². The molecule has 0 saturated carbocycles. The Morgan fingerprint density at radius 2 is 2.17 bits per heavy atom. The van der Waals surface area contributed by atoms with Gasteiger partial charge >= 0.3 is 0 Å². The third kappa shape index (κ3) is 3.03. The summed E-state index contributed by atoms with van der Waals surface area (Å²) in [6.07, 6.45) is 5.68. The molecule has 0 fully saturated rings. The number of nitrogens with zero attached hydrogens (tertiary/aromatic N) is 5. The van der Waals surface area contributed by atoms with Crippen molar-refractivity contribution < 1.29 is 4.79 Å². The number of carbonyl (C=O) groups excluding carboxylic acids is 1. The number of likely N-dealkylation sites (N-methyl/N-ethyl adjacent to an activating group) is 1. The largest absolute Gasteiger partial charge is 0.347 e. The second-order valence-electron chi connectivity index (χ2n) is 6.12. The fraction of sp³-hybridized carbons (Fsp3) is 0.529. The predicted molar refractivity (Wildman–Crippen MR) is 89.2 cm³/mol. The fourth-order valence-electron chi connectivity index (χ4n) is 3.31. The molecular formula is C17H25N5O. The minimum Gasteiger partial charge on any atom is -0.347 e. The molecule has 0 aromatic carbocycles. The molecule has 124 valence electrons. The summed E-state index contributed by atoms with van der Waals surface area (Å²) in [5.41, 5.74) is 1.84. The van der Waals surface area contributed by atoms with E-state index in [-0.39, 0.29) is 11.9 Å². The molecule has 3 heterocycles. The zero-order valence-corrected chi connectivity index (χ0v) is 14.1. The summed E-state index contributed by atoms with van der Waals surface area (Å²) >= 11 is 0. The highest BCUT2D eigenvalue weighted by Crippen LogP contribution is 2.23. The molecule has 0 spiro atoms. The number of hydrogen-bond acceptors (Lipinski definition) is 3. The summed E-state index contributed by atoms with van der Waals surface area (Å²) in [5, 5.41) is 0. The highest BCUT2D eigenvalue weighted by atomic mass is 16.2. The third-order valence-corrected chi connectivity index (χ3v) is 4.74. The van der Waals surface area contributed by atoms with Crippen LogP contribution in [0.1, 0.15) is 36.1 Å². The van der Waals surface area contributed by atoms with Gasteiger partial charge in [0.1, 0.15) is 5.69 Å². The maximum absolute atomic E-state index is 12.8. The molecule has 6 heteroatoms. The molecule has 0 saturated heterocycles. The molecule has 1 unspecified atom stereocenters. The molecule has 0 N–H and O–H groups in total. The van der Waals surface area contributed by atoms with E-state index in [4.69, 9.17) is 0 Å². The Balaban J connectivity index is 1.83. The van der Waals surface area contributed by atoms with E-state index in [1.54, 1.807) is 0 Å². The van der Waals surface area contributed by atoms with E-state index < -0.39 is 0 Å². The molecule has 2 aromatic heterocycles. The van der Waals surface area contributed by atoms with Crippen molar-refractivity contribution >= 4 is 5.91 Å². The number of carbonyl (C=O) groups is 1. The van der Waals surface area contributed by atoms with Crippen molar-refractivity contribution in [2.24, 2.45) is 7.05 Å². The molecule has 0 bridgehead atoms. The summed E-state index contributed by atoms with van der Waals surface area (Å²) < 4.78 is 4.11. The van der Waals surface area contributed by atoms with Crippen LogP contribution in [-0.4, -0.2) is 56.0 Å². The SMILES string of the molecule is CCN(CC)CC1CN(C(=O)c2cccn2C)Cc2cncn21. The standard InChI is InChI=1S/C17H25N5O/c1-4-20(5-2)10-15-12-21(11-14-9-18-13-22(14)15)17(23)16-7-6-8-19(16)3/h6-9,13,15H,4-5,10-12H2,1-3H3. The highest BCUT2D eigenvalue weighted by Gasteiger charge is 2.30. The molecule has 1 amide bonds. The lowest BCUT2D eigenvalue weighted by Crippen LogP contribution is -2.45. The second kappa shape index (κ2) is 6.58. The molecule has 1 aliphatic rings. The molecule has 0 radical (unpaired) electrons. The molecular weight excluding hydrogens is 290 g/mol. The van der Waals surface area contributed by atoms with Gasteiger partial charge in [0.2, 0.25) is 0 Å². The van der Waals surface area contributed by atoms with Gasteiger partial charge in [0, 0.05) is 32.5 Å². The summed E-state index contributed by atoms with van der Waals surface area (Å²) in [5.74, 6) is 0.0921. The number of fused-ring (bicyclic) bond motifs is 1. The van der Waals surface area contributed by atoms with Crippen LogP contribution in [0.3, 0.4) is 0 Å². The summed E-state index contributed by atoms with van der Waals surface area (Å²) in [6, 6.07) is 4.05. The van der Waals surface area contributed by atoms with E-state index in [1.807, 2.05) is 47.4 Å². The molecule has 6 nitrogen and oxygen atoms in total. The molecule has 3 rings (SSSR count). The number of rotatable bonds is 5. The zero-order valence-electron chi connectivity index (χ0n) is 14.1.